The molecule has 0 spiro atoms. The van der Waals surface area contributed by atoms with Crippen molar-refractivity contribution in [2.45, 2.75) is 56.4 Å². The molecule has 4 rings (SSSR count). The van der Waals surface area contributed by atoms with Gasteiger partial charge in [0.05, 0.1) is 6.42 Å². The van der Waals surface area contributed by atoms with E-state index in [0.29, 0.717) is 12.0 Å². The zero-order valence-electron chi connectivity index (χ0n) is 24.5. The maximum Gasteiger partial charge on any atom is 0.243 e. The fourth-order valence-corrected chi connectivity index (χ4v) is 6.63. The lowest BCUT2D eigenvalue weighted by Gasteiger charge is -2.26. The molecule has 0 heterocycles. The zero-order valence-corrected chi connectivity index (χ0v) is 25.4. The third kappa shape index (κ3) is 9.62. The minimum Gasteiger partial charge on any atom is -0.368 e. The summed E-state index contributed by atoms with van der Waals surface area (Å²) in [6.45, 7) is 3.57. The molecule has 1 aliphatic carbocycles. The van der Waals surface area contributed by atoms with E-state index in [1.807, 2.05) is 48.5 Å². The predicted molar refractivity (Wildman–Crippen MR) is 170 cm³/mol. The van der Waals surface area contributed by atoms with Crippen molar-refractivity contribution in [3.63, 3.8) is 0 Å². The number of carbonyl (C=O) groups is 4. The van der Waals surface area contributed by atoms with Gasteiger partial charge in [-0.25, -0.2) is 0 Å². The number of amides is 4. The number of nitrogens with one attached hydrogen (secondary N) is 3. The number of nitrogens with two attached hydrogens (primary N) is 1. The Morgan fingerprint density at radius 2 is 1.57 bits per heavy atom. The number of hydrogen-bond donors (Lipinski definition) is 5. The van der Waals surface area contributed by atoms with Crippen molar-refractivity contribution in [1.29, 1.82) is 0 Å². The number of rotatable bonds is 16. The Kier molecular flexibility index (Phi) is 11.1. The second-order valence-electron chi connectivity index (χ2n) is 11.3. The van der Waals surface area contributed by atoms with E-state index in [0.717, 1.165) is 29.2 Å². The quantitative estimate of drug-likeness (QED) is 0.122. The average molecular weight is 619 g/mol. The SMILES string of the molecule is C=CC[C@H](NC(=O)C(CC1CC1)NC(=O)CP(=O)(O)[C@@H](Cc1ccccc1)NC(=O)Cc1ccc2ccccc2c1)C(N)=O. The number of benzene rings is 3. The van der Waals surface area contributed by atoms with Gasteiger partial charge in [0.2, 0.25) is 31.0 Å². The van der Waals surface area contributed by atoms with E-state index in [-0.39, 0.29) is 25.2 Å². The fourth-order valence-electron chi connectivity index (χ4n) is 5.06. The van der Waals surface area contributed by atoms with Crippen molar-refractivity contribution >= 4 is 41.8 Å². The molecule has 0 aromatic heterocycles. The largest absolute Gasteiger partial charge is 0.368 e. The van der Waals surface area contributed by atoms with Gasteiger partial charge in [0.1, 0.15) is 24.0 Å². The Labute approximate surface area is 256 Å². The topological polar surface area (TPSA) is 168 Å². The molecular formula is C33H39N4O6P. The van der Waals surface area contributed by atoms with Crippen LogP contribution in [0.25, 0.3) is 10.8 Å². The number of primary amides is 1. The molecule has 4 atom stereocenters. The number of fused-ring (bicyclic) bond motifs is 1. The van der Waals surface area contributed by atoms with Gasteiger partial charge in [-0.1, -0.05) is 91.7 Å². The van der Waals surface area contributed by atoms with Crippen LogP contribution >= 0.6 is 7.37 Å². The van der Waals surface area contributed by atoms with Crippen LogP contribution in [0.2, 0.25) is 0 Å². The predicted octanol–water partition coefficient (Wildman–Crippen LogP) is 3.17. The molecule has 0 bridgehead atoms. The summed E-state index contributed by atoms with van der Waals surface area (Å²) in [5.41, 5.74) is 6.84. The zero-order chi connectivity index (χ0) is 31.7. The van der Waals surface area contributed by atoms with Crippen molar-refractivity contribution in [3.8, 4) is 0 Å². The first-order valence-corrected chi connectivity index (χ1v) is 16.6. The summed E-state index contributed by atoms with van der Waals surface area (Å²) >= 11 is 0. The Morgan fingerprint density at radius 3 is 2.23 bits per heavy atom. The van der Waals surface area contributed by atoms with E-state index in [9.17, 15) is 28.6 Å². The molecule has 3 aromatic rings. The van der Waals surface area contributed by atoms with Crippen LogP contribution in [0, 0.1) is 5.92 Å². The highest BCUT2D eigenvalue weighted by molar-refractivity contribution is 7.59. The third-order valence-electron chi connectivity index (χ3n) is 7.62. The van der Waals surface area contributed by atoms with Gasteiger partial charge in [-0.15, -0.1) is 6.58 Å². The highest BCUT2D eigenvalue weighted by Gasteiger charge is 2.37. The molecule has 0 aliphatic heterocycles. The van der Waals surface area contributed by atoms with Gasteiger partial charge in [0, 0.05) is 6.42 Å². The third-order valence-corrected chi connectivity index (χ3v) is 9.64. The van der Waals surface area contributed by atoms with Crippen molar-refractivity contribution < 1.29 is 28.6 Å². The minimum absolute atomic E-state index is 0.0162. The molecule has 11 heteroatoms. The van der Waals surface area contributed by atoms with E-state index in [2.05, 4.69) is 22.5 Å². The summed E-state index contributed by atoms with van der Waals surface area (Å²) < 4.78 is 13.7. The molecule has 1 saturated carbocycles. The molecule has 10 nitrogen and oxygen atoms in total. The monoisotopic (exact) mass is 618 g/mol. The van der Waals surface area contributed by atoms with Gasteiger partial charge < -0.3 is 26.6 Å². The highest BCUT2D eigenvalue weighted by Crippen LogP contribution is 2.46. The fraction of sp³-hybridized carbons (Fsp3) is 0.333. The molecule has 0 saturated heterocycles. The van der Waals surface area contributed by atoms with Crippen molar-refractivity contribution in [3.05, 3.63) is 96.6 Å². The van der Waals surface area contributed by atoms with Crippen molar-refractivity contribution in [2.24, 2.45) is 11.7 Å². The molecule has 232 valence electrons. The number of hydrogen-bond acceptors (Lipinski definition) is 5. The lowest BCUT2D eigenvalue weighted by atomic mass is 10.0. The van der Waals surface area contributed by atoms with Gasteiger partial charge >= 0.3 is 0 Å². The van der Waals surface area contributed by atoms with Gasteiger partial charge in [-0.2, -0.15) is 0 Å². The molecule has 4 amide bonds. The standard InChI is InChI=1S/C33H39N4O6P/c1-2-8-27(32(34)40)36-33(41)28(18-23-13-14-23)35-30(39)21-44(42,43)31(20-22-9-4-3-5-10-22)37-29(38)19-24-15-16-25-11-6-7-12-26(25)17-24/h2-7,9-12,15-17,23,27-28,31H,1,8,13-14,18-21H2,(H2,34,40)(H,35,39)(H,36,41)(H,37,38)(H,42,43)/t27-,28?,31-/m0/s1. The van der Waals surface area contributed by atoms with Gasteiger partial charge in [0.25, 0.3) is 0 Å². The summed E-state index contributed by atoms with van der Waals surface area (Å²) in [7, 11) is -4.34. The second-order valence-corrected chi connectivity index (χ2v) is 13.8. The molecule has 1 aliphatic rings. The van der Waals surface area contributed by atoms with Crippen LogP contribution in [-0.4, -0.2) is 52.6 Å². The van der Waals surface area contributed by atoms with E-state index in [1.165, 1.54) is 6.08 Å². The first kappa shape index (κ1) is 32.6. The van der Waals surface area contributed by atoms with Crippen molar-refractivity contribution in [2.75, 3.05) is 6.16 Å². The average Bonchev–Trinajstić information content (AvgIpc) is 3.80. The normalized spacial score (nSPS) is 16.1. The van der Waals surface area contributed by atoms with Gasteiger partial charge in [0.15, 0.2) is 0 Å². The van der Waals surface area contributed by atoms with Crippen LogP contribution in [-0.2, 0) is 36.6 Å². The van der Waals surface area contributed by atoms with E-state index < -0.39 is 55.0 Å². The van der Waals surface area contributed by atoms with Crippen LogP contribution in [0.3, 0.4) is 0 Å². The van der Waals surface area contributed by atoms with Gasteiger partial charge in [-0.3, -0.25) is 23.7 Å². The molecule has 6 N–H and O–H groups in total. The van der Waals surface area contributed by atoms with Crippen LogP contribution in [0.1, 0.15) is 36.8 Å². The molecule has 1 fully saturated rings. The smallest absolute Gasteiger partial charge is 0.243 e. The maximum atomic E-state index is 13.7. The molecule has 2 unspecified atom stereocenters. The maximum absolute atomic E-state index is 13.7. The number of carbonyl (C=O) groups excluding carboxylic acids is 4. The Morgan fingerprint density at radius 1 is 0.886 bits per heavy atom. The van der Waals surface area contributed by atoms with Gasteiger partial charge in [-0.05, 0) is 40.7 Å². The first-order chi connectivity index (χ1) is 21.0. The summed E-state index contributed by atoms with van der Waals surface area (Å²) in [5, 5.41) is 9.84. The summed E-state index contributed by atoms with van der Waals surface area (Å²) in [6, 6.07) is 20.3. The molecule has 44 heavy (non-hydrogen) atoms. The first-order valence-electron chi connectivity index (χ1n) is 14.7. The van der Waals surface area contributed by atoms with E-state index in [4.69, 9.17) is 5.73 Å². The highest BCUT2D eigenvalue weighted by atomic mass is 31.2. The lowest BCUT2D eigenvalue weighted by Crippen LogP contribution is -2.53. The second kappa shape index (κ2) is 14.9. The Hall–Kier alpha value is -4.27. The molecule has 3 aromatic carbocycles. The summed E-state index contributed by atoms with van der Waals surface area (Å²) in [5.74, 6) is -3.63. The Bertz CT molecular complexity index is 1560. The van der Waals surface area contributed by atoms with Crippen LogP contribution in [0.5, 0.6) is 0 Å². The van der Waals surface area contributed by atoms with Crippen LogP contribution in [0.15, 0.2) is 85.5 Å². The molecule has 0 radical (unpaired) electrons. The van der Waals surface area contributed by atoms with Crippen molar-refractivity contribution in [1.82, 2.24) is 16.0 Å². The van der Waals surface area contributed by atoms with Crippen LogP contribution in [0.4, 0.5) is 0 Å². The lowest BCUT2D eigenvalue weighted by molar-refractivity contribution is -0.131. The van der Waals surface area contributed by atoms with E-state index >= 15 is 0 Å². The Balaban J connectivity index is 1.46. The molecular weight excluding hydrogens is 579 g/mol. The minimum atomic E-state index is -4.34. The summed E-state index contributed by atoms with van der Waals surface area (Å²) in [6.07, 6.45) is 2.89. The summed E-state index contributed by atoms with van der Waals surface area (Å²) in [4.78, 5) is 62.2. The van der Waals surface area contributed by atoms with Crippen LogP contribution < -0.4 is 21.7 Å². The van der Waals surface area contributed by atoms with E-state index in [1.54, 1.807) is 24.3 Å².